The van der Waals surface area contributed by atoms with Crippen LogP contribution in [0.15, 0.2) is 36.8 Å². The van der Waals surface area contributed by atoms with Crippen LogP contribution in [-0.4, -0.2) is 21.2 Å². The Kier molecular flexibility index (Phi) is 4.53. The number of alkyl carbamates (subject to hydrolysis) is 1. The zero-order valence-electron chi connectivity index (χ0n) is 12.3. The van der Waals surface area contributed by atoms with Crippen LogP contribution in [0.5, 0.6) is 0 Å². The summed E-state index contributed by atoms with van der Waals surface area (Å²) in [5.41, 5.74) is 1.27. The number of hydrogen-bond acceptors (Lipinski definition) is 3. The summed E-state index contributed by atoms with van der Waals surface area (Å²) in [5, 5.41) is 3.39. The molecular formula is C15H18ClN3O2. The first kappa shape index (κ1) is 15.4. The number of imidazole rings is 1. The molecule has 5 nitrogen and oxygen atoms in total. The standard InChI is InChI=1S/C15H18ClN3O2/c1-15(2,3)21-14(20)18-9-13-8-17-10-19(13)12-6-4-11(16)5-7-12/h4-8,10H,9H2,1-3H3,(H,18,20). The summed E-state index contributed by atoms with van der Waals surface area (Å²) < 4.78 is 7.08. The third-order valence-electron chi connectivity index (χ3n) is 2.63. The van der Waals surface area contributed by atoms with Crippen molar-refractivity contribution < 1.29 is 9.53 Å². The molecule has 2 rings (SSSR count). The Labute approximate surface area is 128 Å². The number of benzene rings is 1. The highest BCUT2D eigenvalue weighted by atomic mass is 35.5. The zero-order chi connectivity index (χ0) is 15.5. The van der Waals surface area contributed by atoms with Gasteiger partial charge < -0.3 is 14.6 Å². The van der Waals surface area contributed by atoms with Crippen LogP contribution in [0.4, 0.5) is 4.79 Å². The number of nitrogens with one attached hydrogen (secondary N) is 1. The fourth-order valence-electron chi connectivity index (χ4n) is 1.76. The van der Waals surface area contributed by atoms with Gasteiger partial charge in [0.25, 0.3) is 0 Å². The number of nitrogens with zero attached hydrogens (tertiary/aromatic N) is 2. The number of amides is 1. The van der Waals surface area contributed by atoms with E-state index in [-0.39, 0.29) is 0 Å². The molecule has 0 aliphatic carbocycles. The summed E-state index contributed by atoms with van der Waals surface area (Å²) in [7, 11) is 0. The minimum Gasteiger partial charge on any atom is -0.444 e. The van der Waals surface area contributed by atoms with Crippen LogP contribution < -0.4 is 5.32 Å². The van der Waals surface area contributed by atoms with Gasteiger partial charge in [0, 0.05) is 10.7 Å². The molecule has 1 aromatic carbocycles. The predicted molar refractivity (Wildman–Crippen MR) is 81.6 cm³/mol. The van der Waals surface area contributed by atoms with Crippen LogP contribution in [0.25, 0.3) is 5.69 Å². The Morgan fingerprint density at radius 3 is 2.62 bits per heavy atom. The number of carbonyl (C=O) groups is 1. The Hall–Kier alpha value is -2.01. The van der Waals surface area contributed by atoms with Crippen molar-refractivity contribution in [2.45, 2.75) is 32.9 Å². The molecule has 6 heteroatoms. The van der Waals surface area contributed by atoms with E-state index in [9.17, 15) is 4.79 Å². The molecule has 1 N–H and O–H groups in total. The van der Waals surface area contributed by atoms with Gasteiger partial charge in [-0.05, 0) is 45.0 Å². The highest BCUT2D eigenvalue weighted by Crippen LogP contribution is 2.15. The fourth-order valence-corrected chi connectivity index (χ4v) is 1.89. The molecule has 0 bridgehead atoms. The van der Waals surface area contributed by atoms with E-state index in [0.717, 1.165) is 11.4 Å². The molecule has 0 spiro atoms. The molecule has 0 aliphatic heterocycles. The number of halogens is 1. The summed E-state index contributed by atoms with van der Waals surface area (Å²) in [6.07, 6.45) is 2.94. The monoisotopic (exact) mass is 307 g/mol. The number of carbonyl (C=O) groups excluding carboxylic acids is 1. The summed E-state index contributed by atoms with van der Waals surface area (Å²) >= 11 is 5.88. The van der Waals surface area contributed by atoms with Crippen molar-refractivity contribution in [2.24, 2.45) is 0 Å². The maximum atomic E-state index is 11.7. The van der Waals surface area contributed by atoms with Crippen molar-refractivity contribution in [1.29, 1.82) is 0 Å². The van der Waals surface area contributed by atoms with Crippen molar-refractivity contribution in [3.63, 3.8) is 0 Å². The van der Waals surface area contributed by atoms with E-state index in [1.54, 1.807) is 12.5 Å². The van der Waals surface area contributed by atoms with Crippen LogP contribution in [0, 0.1) is 0 Å². The first-order chi connectivity index (χ1) is 9.85. The Balaban J connectivity index is 2.04. The van der Waals surface area contributed by atoms with Crippen LogP contribution in [0.3, 0.4) is 0 Å². The first-order valence-corrected chi connectivity index (χ1v) is 6.97. The molecule has 0 fully saturated rings. The molecule has 1 aromatic heterocycles. The summed E-state index contributed by atoms with van der Waals surface area (Å²) in [6, 6.07) is 7.39. The largest absolute Gasteiger partial charge is 0.444 e. The molecule has 1 heterocycles. The van der Waals surface area contributed by atoms with Crippen LogP contribution in [-0.2, 0) is 11.3 Å². The average molecular weight is 308 g/mol. The smallest absolute Gasteiger partial charge is 0.407 e. The van der Waals surface area contributed by atoms with Crippen molar-refractivity contribution in [3.8, 4) is 5.69 Å². The summed E-state index contributed by atoms with van der Waals surface area (Å²) in [5.74, 6) is 0. The molecular weight excluding hydrogens is 290 g/mol. The van der Waals surface area contributed by atoms with E-state index in [4.69, 9.17) is 16.3 Å². The second kappa shape index (κ2) is 6.18. The third-order valence-corrected chi connectivity index (χ3v) is 2.88. The van der Waals surface area contributed by atoms with Gasteiger partial charge in [0.15, 0.2) is 0 Å². The van der Waals surface area contributed by atoms with Gasteiger partial charge in [0.2, 0.25) is 0 Å². The van der Waals surface area contributed by atoms with Crippen molar-refractivity contribution in [2.75, 3.05) is 0 Å². The number of hydrogen-bond donors (Lipinski definition) is 1. The van der Waals surface area contributed by atoms with Crippen molar-refractivity contribution in [1.82, 2.24) is 14.9 Å². The maximum absolute atomic E-state index is 11.7. The van der Waals surface area contributed by atoms with Crippen LogP contribution in [0.2, 0.25) is 5.02 Å². The quantitative estimate of drug-likeness (QED) is 0.943. The fraction of sp³-hybridized carbons (Fsp3) is 0.333. The van der Waals surface area contributed by atoms with Gasteiger partial charge in [0.05, 0.1) is 24.8 Å². The minimum atomic E-state index is -0.513. The Morgan fingerprint density at radius 1 is 1.33 bits per heavy atom. The lowest BCUT2D eigenvalue weighted by atomic mass is 10.2. The summed E-state index contributed by atoms with van der Waals surface area (Å²) in [6.45, 7) is 5.80. The molecule has 0 radical (unpaired) electrons. The molecule has 112 valence electrons. The Bertz CT molecular complexity index is 615. The van der Waals surface area contributed by atoms with Gasteiger partial charge in [-0.3, -0.25) is 0 Å². The number of rotatable bonds is 3. The van der Waals surface area contributed by atoms with E-state index in [1.165, 1.54) is 0 Å². The number of ether oxygens (including phenoxy) is 1. The van der Waals surface area contributed by atoms with Crippen LogP contribution >= 0.6 is 11.6 Å². The van der Waals surface area contributed by atoms with E-state index < -0.39 is 11.7 Å². The lowest BCUT2D eigenvalue weighted by Crippen LogP contribution is -2.32. The molecule has 1 amide bonds. The van der Waals surface area contributed by atoms with Gasteiger partial charge in [-0.2, -0.15) is 0 Å². The van der Waals surface area contributed by atoms with Crippen molar-refractivity contribution >= 4 is 17.7 Å². The minimum absolute atomic E-state index is 0.331. The van der Waals surface area contributed by atoms with Gasteiger partial charge in [-0.25, -0.2) is 9.78 Å². The molecule has 0 aliphatic rings. The predicted octanol–water partition coefficient (Wildman–Crippen LogP) is 3.55. The van der Waals surface area contributed by atoms with E-state index in [1.807, 2.05) is 49.6 Å². The summed E-state index contributed by atoms with van der Waals surface area (Å²) in [4.78, 5) is 15.8. The van der Waals surface area contributed by atoms with Gasteiger partial charge in [-0.15, -0.1) is 0 Å². The van der Waals surface area contributed by atoms with E-state index >= 15 is 0 Å². The Morgan fingerprint density at radius 2 is 2.00 bits per heavy atom. The molecule has 21 heavy (non-hydrogen) atoms. The molecule has 0 unspecified atom stereocenters. The van der Waals surface area contributed by atoms with Crippen molar-refractivity contribution in [3.05, 3.63) is 47.5 Å². The normalized spacial score (nSPS) is 11.2. The molecule has 0 saturated heterocycles. The molecule has 2 aromatic rings. The second-order valence-electron chi connectivity index (χ2n) is 5.59. The zero-order valence-corrected chi connectivity index (χ0v) is 13.0. The SMILES string of the molecule is CC(C)(C)OC(=O)NCc1cncn1-c1ccc(Cl)cc1. The first-order valence-electron chi connectivity index (χ1n) is 6.59. The topological polar surface area (TPSA) is 56.1 Å². The lowest BCUT2D eigenvalue weighted by molar-refractivity contribution is 0.0522. The third kappa shape index (κ3) is 4.49. The van der Waals surface area contributed by atoms with Crippen LogP contribution in [0.1, 0.15) is 26.5 Å². The maximum Gasteiger partial charge on any atom is 0.407 e. The molecule has 0 saturated carbocycles. The highest BCUT2D eigenvalue weighted by Gasteiger charge is 2.16. The lowest BCUT2D eigenvalue weighted by Gasteiger charge is -2.19. The highest BCUT2D eigenvalue weighted by molar-refractivity contribution is 6.30. The second-order valence-corrected chi connectivity index (χ2v) is 6.02. The van der Waals surface area contributed by atoms with Gasteiger partial charge in [0.1, 0.15) is 5.60 Å². The van der Waals surface area contributed by atoms with Gasteiger partial charge >= 0.3 is 6.09 Å². The average Bonchev–Trinajstić information content (AvgIpc) is 2.83. The van der Waals surface area contributed by atoms with E-state index in [2.05, 4.69) is 10.3 Å². The van der Waals surface area contributed by atoms with E-state index in [0.29, 0.717) is 11.6 Å². The molecule has 0 atom stereocenters. The van der Waals surface area contributed by atoms with Gasteiger partial charge in [-0.1, -0.05) is 11.6 Å². The number of aromatic nitrogens is 2.